The van der Waals surface area contributed by atoms with Crippen LogP contribution in [0.2, 0.25) is 0 Å². The molecule has 0 radical (unpaired) electrons. The van der Waals surface area contributed by atoms with Gasteiger partial charge in [-0.05, 0) is 31.9 Å². The number of nitrogens with one attached hydrogen (secondary N) is 2. The fraction of sp³-hybridized carbons (Fsp3) is 0.391. The quantitative estimate of drug-likeness (QED) is 0.571. The first-order valence-electron chi connectivity index (χ1n) is 10.7. The summed E-state index contributed by atoms with van der Waals surface area (Å²) in [7, 11) is 1.95. The molecule has 4 heterocycles. The molecule has 0 aliphatic carbocycles. The van der Waals surface area contributed by atoms with E-state index in [-0.39, 0.29) is 37.2 Å². The predicted molar refractivity (Wildman–Crippen MR) is 133 cm³/mol. The van der Waals surface area contributed by atoms with Crippen molar-refractivity contribution in [3.05, 3.63) is 59.1 Å². The summed E-state index contributed by atoms with van der Waals surface area (Å²) in [4.78, 5) is 23.4. The monoisotopic (exact) mass is 471 g/mol. The molecular weight excluding hydrogens is 441 g/mol. The van der Waals surface area contributed by atoms with E-state index in [1.54, 1.807) is 23.9 Å². The Bertz CT molecular complexity index is 1160. The molecule has 3 aromatic heterocycles. The third-order valence-electron chi connectivity index (χ3n) is 5.69. The molecule has 176 valence electrons. The smallest absolute Gasteiger partial charge is 0.247 e. The number of anilines is 3. The minimum atomic E-state index is -0.308. The van der Waals surface area contributed by atoms with E-state index >= 15 is 0 Å². The maximum Gasteiger partial charge on any atom is 0.247 e. The lowest BCUT2D eigenvalue weighted by Crippen LogP contribution is -2.49. The zero-order valence-electron chi connectivity index (χ0n) is 19.5. The lowest BCUT2D eigenvalue weighted by atomic mass is 9.98. The van der Waals surface area contributed by atoms with Crippen LogP contribution in [0.3, 0.4) is 0 Å². The Morgan fingerprint density at radius 3 is 2.67 bits per heavy atom. The van der Waals surface area contributed by atoms with E-state index in [9.17, 15) is 9.18 Å². The van der Waals surface area contributed by atoms with Crippen molar-refractivity contribution in [2.45, 2.75) is 46.8 Å². The van der Waals surface area contributed by atoms with Crippen LogP contribution in [0.5, 0.6) is 0 Å². The second kappa shape index (κ2) is 9.78. The van der Waals surface area contributed by atoms with E-state index in [2.05, 4.69) is 25.7 Å². The highest BCUT2D eigenvalue weighted by Crippen LogP contribution is 2.36. The second-order valence-electron chi connectivity index (χ2n) is 8.55. The van der Waals surface area contributed by atoms with Gasteiger partial charge in [0.25, 0.3) is 0 Å². The molecule has 0 saturated carbocycles. The highest BCUT2D eigenvalue weighted by atomic mass is 32.1. The first-order chi connectivity index (χ1) is 15.2. The molecule has 1 amide bonds. The van der Waals surface area contributed by atoms with Gasteiger partial charge in [-0.2, -0.15) is 18.6 Å². The topological polar surface area (TPSA) is 88.0 Å². The van der Waals surface area contributed by atoms with Crippen molar-refractivity contribution in [1.29, 1.82) is 0 Å². The Hall–Kier alpha value is -3.14. The van der Waals surface area contributed by atoms with Crippen molar-refractivity contribution >= 4 is 36.6 Å². The number of fused-ring (bicyclic) bond motifs is 1. The van der Waals surface area contributed by atoms with Gasteiger partial charge in [0.05, 0.1) is 41.2 Å². The van der Waals surface area contributed by atoms with E-state index in [1.165, 1.54) is 6.07 Å². The summed E-state index contributed by atoms with van der Waals surface area (Å²) in [6, 6.07) is 4.84. The highest BCUT2D eigenvalue weighted by Gasteiger charge is 2.34. The standard InChI is InChI=1S/C23H28FN7O.H2S/c1-13(2)22-23(32)29-21-15(4)28-20(8-19(21)30(22)5)25-9-16-10-26-31(11-16)12-17-6-7-18(24)14(3)27-17;/h6-8,10-11,13,22H,9,12H2,1-5H3,(H,25,28)(H,29,32);1H2/t22-;/m0./s1. The SMILES string of the molecule is Cc1nc(Cn2cc(CNc3cc4c(c(C)n3)NC(=O)[C@H](C(C)C)N4C)cn2)ccc1F.S. The molecule has 2 N–H and O–H groups in total. The first-order valence-corrected chi connectivity index (χ1v) is 10.7. The van der Waals surface area contributed by atoms with E-state index in [4.69, 9.17) is 0 Å². The van der Waals surface area contributed by atoms with Crippen LogP contribution >= 0.6 is 13.5 Å². The summed E-state index contributed by atoms with van der Waals surface area (Å²) in [5.74, 6) is 0.606. The number of halogens is 1. The van der Waals surface area contributed by atoms with Crippen LogP contribution in [0.4, 0.5) is 21.6 Å². The summed E-state index contributed by atoms with van der Waals surface area (Å²) in [6.45, 7) is 8.64. The fourth-order valence-corrected chi connectivity index (χ4v) is 4.08. The van der Waals surface area contributed by atoms with Gasteiger partial charge in [-0.1, -0.05) is 13.8 Å². The molecule has 3 aromatic rings. The number of pyridine rings is 2. The molecule has 1 aliphatic heterocycles. The number of carbonyl (C=O) groups excluding carboxylic acids is 1. The van der Waals surface area contributed by atoms with Crippen LogP contribution in [-0.2, 0) is 17.9 Å². The van der Waals surface area contributed by atoms with E-state index in [0.717, 1.165) is 34.1 Å². The Labute approximate surface area is 200 Å². The summed E-state index contributed by atoms with van der Waals surface area (Å²) in [5, 5.41) is 10.7. The van der Waals surface area contributed by atoms with Crippen molar-refractivity contribution in [1.82, 2.24) is 19.7 Å². The molecular formula is C23H30FN7OS. The minimum absolute atomic E-state index is 0. The van der Waals surface area contributed by atoms with Gasteiger partial charge in [0, 0.05) is 31.4 Å². The number of nitrogens with zero attached hydrogens (tertiary/aromatic N) is 5. The van der Waals surface area contributed by atoms with Crippen LogP contribution in [0.1, 0.15) is 36.5 Å². The molecule has 0 bridgehead atoms. The molecule has 0 aromatic carbocycles. The lowest BCUT2D eigenvalue weighted by molar-refractivity contribution is -0.118. The molecule has 1 aliphatic rings. The first kappa shape index (κ1) is 24.5. The van der Waals surface area contributed by atoms with Gasteiger partial charge in [-0.25, -0.2) is 9.37 Å². The Balaban J connectivity index is 0.00000306. The molecule has 0 saturated heterocycles. The predicted octanol–water partition coefficient (Wildman–Crippen LogP) is 3.62. The number of hydrogen-bond donors (Lipinski definition) is 2. The summed E-state index contributed by atoms with van der Waals surface area (Å²) >= 11 is 0. The maximum atomic E-state index is 13.4. The third kappa shape index (κ3) is 5.11. The molecule has 8 nitrogen and oxygen atoms in total. The molecule has 4 rings (SSSR count). The average molecular weight is 472 g/mol. The molecule has 33 heavy (non-hydrogen) atoms. The Morgan fingerprint density at radius 1 is 1.21 bits per heavy atom. The summed E-state index contributed by atoms with van der Waals surface area (Å²) < 4.78 is 15.2. The van der Waals surface area contributed by atoms with E-state index in [1.807, 2.05) is 45.0 Å². The van der Waals surface area contributed by atoms with Gasteiger partial charge < -0.3 is 15.5 Å². The van der Waals surface area contributed by atoms with Gasteiger partial charge in [0.1, 0.15) is 17.7 Å². The molecule has 10 heteroatoms. The normalized spacial score (nSPS) is 15.2. The number of likely N-dealkylation sites (N-methyl/N-ethyl adjacent to an activating group) is 1. The molecule has 0 fully saturated rings. The van der Waals surface area contributed by atoms with Gasteiger partial charge >= 0.3 is 0 Å². The molecule has 0 spiro atoms. The van der Waals surface area contributed by atoms with Crippen molar-refractivity contribution < 1.29 is 9.18 Å². The summed E-state index contributed by atoms with van der Waals surface area (Å²) in [6.07, 6.45) is 3.72. The molecule has 0 unspecified atom stereocenters. The van der Waals surface area contributed by atoms with Gasteiger partial charge in [0.15, 0.2) is 0 Å². The number of hydrogen-bond acceptors (Lipinski definition) is 6. The lowest BCUT2D eigenvalue weighted by Gasteiger charge is -2.38. The number of rotatable bonds is 6. The van der Waals surface area contributed by atoms with E-state index in [0.29, 0.717) is 18.8 Å². The van der Waals surface area contributed by atoms with Crippen LogP contribution in [0.15, 0.2) is 30.6 Å². The third-order valence-corrected chi connectivity index (χ3v) is 5.69. The zero-order valence-corrected chi connectivity index (χ0v) is 20.5. The number of carbonyl (C=O) groups is 1. The fourth-order valence-electron chi connectivity index (χ4n) is 4.08. The Kier molecular flexibility index (Phi) is 7.26. The van der Waals surface area contributed by atoms with Crippen molar-refractivity contribution in [3.63, 3.8) is 0 Å². The van der Waals surface area contributed by atoms with Crippen LogP contribution in [0, 0.1) is 25.6 Å². The van der Waals surface area contributed by atoms with Gasteiger partial charge in [-0.3, -0.25) is 14.5 Å². The van der Waals surface area contributed by atoms with Crippen LogP contribution < -0.4 is 15.5 Å². The van der Waals surface area contributed by atoms with Crippen molar-refractivity contribution in [3.8, 4) is 0 Å². The van der Waals surface area contributed by atoms with Crippen molar-refractivity contribution in [2.75, 3.05) is 22.6 Å². The number of aromatic nitrogens is 4. The van der Waals surface area contributed by atoms with Crippen LogP contribution in [0.25, 0.3) is 0 Å². The van der Waals surface area contributed by atoms with Gasteiger partial charge in [0.2, 0.25) is 5.91 Å². The highest BCUT2D eigenvalue weighted by molar-refractivity contribution is 7.59. The van der Waals surface area contributed by atoms with E-state index < -0.39 is 0 Å². The summed E-state index contributed by atoms with van der Waals surface area (Å²) in [5.41, 5.74) is 4.60. The van der Waals surface area contributed by atoms with Crippen molar-refractivity contribution in [2.24, 2.45) is 5.92 Å². The van der Waals surface area contributed by atoms with Gasteiger partial charge in [-0.15, -0.1) is 0 Å². The Morgan fingerprint density at radius 2 is 1.97 bits per heavy atom. The number of aryl methyl sites for hydroxylation is 2. The number of amides is 1. The zero-order chi connectivity index (χ0) is 23.0. The minimum Gasteiger partial charge on any atom is -0.366 e. The van der Waals surface area contributed by atoms with Crippen LogP contribution in [-0.4, -0.2) is 38.7 Å². The molecule has 1 atom stereocenters. The average Bonchev–Trinajstić information content (AvgIpc) is 3.17. The second-order valence-corrected chi connectivity index (χ2v) is 8.55. The largest absolute Gasteiger partial charge is 0.366 e. The maximum absolute atomic E-state index is 13.4.